The highest BCUT2D eigenvalue weighted by atomic mass is 32.2. The fraction of sp³-hybridized carbons (Fsp3) is 0.500. The number of halogens is 3. The summed E-state index contributed by atoms with van der Waals surface area (Å²) in [5.41, 5.74) is -0.741. The first-order chi connectivity index (χ1) is 8.50. The number of thioether (sulfide) groups is 1. The van der Waals surface area contributed by atoms with Gasteiger partial charge in [-0.2, -0.15) is 18.4 Å². The fourth-order valence-electron chi connectivity index (χ4n) is 1.99. The van der Waals surface area contributed by atoms with Gasteiger partial charge in [0, 0.05) is 11.4 Å². The van der Waals surface area contributed by atoms with E-state index in [4.69, 9.17) is 5.26 Å². The van der Waals surface area contributed by atoms with E-state index < -0.39 is 11.7 Å². The van der Waals surface area contributed by atoms with Crippen molar-refractivity contribution in [1.82, 2.24) is 4.98 Å². The van der Waals surface area contributed by atoms with E-state index in [0.29, 0.717) is 5.03 Å². The lowest BCUT2D eigenvalue weighted by Crippen LogP contribution is -2.08. The molecular weight excluding hydrogens is 261 g/mol. The van der Waals surface area contributed by atoms with Crippen LogP contribution in [0.3, 0.4) is 0 Å². The zero-order valence-corrected chi connectivity index (χ0v) is 10.3. The predicted molar refractivity (Wildman–Crippen MR) is 61.8 cm³/mol. The molecule has 1 heterocycles. The molecule has 6 heteroatoms. The van der Waals surface area contributed by atoms with Crippen LogP contribution in [0.5, 0.6) is 0 Å². The summed E-state index contributed by atoms with van der Waals surface area (Å²) in [6, 6.07) is 4.65. The molecule has 0 bridgehead atoms. The summed E-state index contributed by atoms with van der Waals surface area (Å²) in [5.74, 6) is -0.0147. The summed E-state index contributed by atoms with van der Waals surface area (Å²) in [4.78, 5) is 3.81. The fourth-order valence-corrected chi connectivity index (χ4v) is 3.20. The molecule has 1 aliphatic carbocycles. The largest absolute Gasteiger partial charge is 0.417 e. The van der Waals surface area contributed by atoms with E-state index in [1.54, 1.807) is 0 Å². The van der Waals surface area contributed by atoms with Crippen LogP contribution >= 0.6 is 11.8 Å². The third-order valence-electron chi connectivity index (χ3n) is 2.95. The lowest BCUT2D eigenvalue weighted by Gasteiger charge is -2.12. The van der Waals surface area contributed by atoms with Crippen molar-refractivity contribution >= 4 is 11.8 Å². The van der Waals surface area contributed by atoms with Crippen molar-refractivity contribution < 1.29 is 13.2 Å². The van der Waals surface area contributed by atoms with E-state index >= 15 is 0 Å². The molecule has 0 saturated heterocycles. The quantitative estimate of drug-likeness (QED) is 0.819. The van der Waals surface area contributed by atoms with Gasteiger partial charge in [-0.1, -0.05) is 6.42 Å². The van der Waals surface area contributed by atoms with Gasteiger partial charge in [0.25, 0.3) is 0 Å². The Morgan fingerprint density at radius 3 is 2.67 bits per heavy atom. The minimum Gasteiger partial charge on any atom is -0.249 e. The topological polar surface area (TPSA) is 36.7 Å². The molecule has 0 N–H and O–H groups in total. The van der Waals surface area contributed by atoms with Crippen LogP contribution in [0.15, 0.2) is 23.4 Å². The number of hydrogen-bond donors (Lipinski definition) is 0. The first-order valence-electron chi connectivity index (χ1n) is 5.60. The van der Waals surface area contributed by atoms with E-state index in [-0.39, 0.29) is 11.2 Å². The first kappa shape index (κ1) is 13.2. The Labute approximate surface area is 107 Å². The molecule has 1 saturated carbocycles. The van der Waals surface area contributed by atoms with Crippen molar-refractivity contribution in [3.8, 4) is 6.07 Å². The summed E-state index contributed by atoms with van der Waals surface area (Å²) in [6.07, 6.45) is -0.714. The number of alkyl halides is 3. The van der Waals surface area contributed by atoms with Gasteiger partial charge < -0.3 is 0 Å². The summed E-state index contributed by atoms with van der Waals surface area (Å²) in [7, 11) is 0. The van der Waals surface area contributed by atoms with Crippen LogP contribution in [-0.2, 0) is 6.18 Å². The van der Waals surface area contributed by atoms with E-state index in [1.807, 2.05) is 0 Å². The predicted octanol–water partition coefficient (Wildman–Crippen LogP) is 3.88. The van der Waals surface area contributed by atoms with Crippen LogP contribution in [0.4, 0.5) is 13.2 Å². The average Bonchev–Trinajstić information content (AvgIpc) is 2.76. The maximum Gasteiger partial charge on any atom is 0.417 e. The molecule has 2 rings (SSSR count). The molecule has 96 valence electrons. The van der Waals surface area contributed by atoms with E-state index in [2.05, 4.69) is 11.1 Å². The van der Waals surface area contributed by atoms with Gasteiger partial charge >= 0.3 is 6.18 Å². The van der Waals surface area contributed by atoms with Crippen LogP contribution in [0.25, 0.3) is 0 Å². The molecule has 0 spiro atoms. The highest BCUT2D eigenvalue weighted by molar-refractivity contribution is 7.99. The number of rotatable bonds is 2. The normalized spacial score (nSPS) is 23.9. The number of pyridine rings is 1. The van der Waals surface area contributed by atoms with Gasteiger partial charge in [-0.15, -0.1) is 11.8 Å². The van der Waals surface area contributed by atoms with Gasteiger partial charge in [-0.3, -0.25) is 0 Å². The lowest BCUT2D eigenvalue weighted by molar-refractivity contribution is -0.137. The Bertz CT molecular complexity index is 450. The van der Waals surface area contributed by atoms with Crippen LogP contribution in [0.1, 0.15) is 24.8 Å². The van der Waals surface area contributed by atoms with Crippen molar-refractivity contribution in [3.63, 3.8) is 0 Å². The van der Waals surface area contributed by atoms with Gasteiger partial charge in [0.15, 0.2) is 0 Å². The number of aromatic nitrogens is 1. The Morgan fingerprint density at radius 2 is 2.11 bits per heavy atom. The van der Waals surface area contributed by atoms with Crippen LogP contribution in [-0.4, -0.2) is 10.2 Å². The average molecular weight is 272 g/mol. The van der Waals surface area contributed by atoms with Crippen molar-refractivity contribution in [2.24, 2.45) is 5.92 Å². The minimum atomic E-state index is -4.35. The molecule has 0 amide bonds. The second kappa shape index (κ2) is 5.19. The van der Waals surface area contributed by atoms with Crippen molar-refractivity contribution in [2.45, 2.75) is 35.7 Å². The molecule has 2 nitrogen and oxygen atoms in total. The lowest BCUT2D eigenvalue weighted by atomic mass is 10.1. The van der Waals surface area contributed by atoms with Crippen molar-refractivity contribution in [3.05, 3.63) is 23.9 Å². The number of nitrogens with zero attached hydrogens (tertiary/aromatic N) is 2. The highest BCUT2D eigenvalue weighted by Gasteiger charge is 2.31. The summed E-state index contributed by atoms with van der Waals surface area (Å²) < 4.78 is 37.1. The maximum absolute atomic E-state index is 12.4. The molecular formula is C12H11F3N2S. The van der Waals surface area contributed by atoms with E-state index in [1.165, 1.54) is 17.8 Å². The molecule has 1 aliphatic rings. The van der Waals surface area contributed by atoms with Crippen LogP contribution in [0.2, 0.25) is 0 Å². The maximum atomic E-state index is 12.4. The summed E-state index contributed by atoms with van der Waals surface area (Å²) >= 11 is 1.40. The zero-order chi connectivity index (χ0) is 13.2. The molecule has 1 fully saturated rings. The van der Waals surface area contributed by atoms with E-state index in [0.717, 1.165) is 31.5 Å². The molecule has 1 aromatic rings. The number of nitriles is 1. The smallest absolute Gasteiger partial charge is 0.249 e. The number of hydrogen-bond acceptors (Lipinski definition) is 3. The minimum absolute atomic E-state index is 0.0147. The van der Waals surface area contributed by atoms with Gasteiger partial charge in [0.1, 0.15) is 0 Å². The van der Waals surface area contributed by atoms with Crippen LogP contribution in [0, 0.1) is 17.2 Å². The highest BCUT2D eigenvalue weighted by Crippen LogP contribution is 2.38. The monoisotopic (exact) mass is 272 g/mol. The summed E-state index contributed by atoms with van der Waals surface area (Å²) in [6.45, 7) is 0. The molecule has 0 aromatic carbocycles. The van der Waals surface area contributed by atoms with Crippen molar-refractivity contribution in [2.75, 3.05) is 0 Å². The van der Waals surface area contributed by atoms with Gasteiger partial charge in [0.2, 0.25) is 0 Å². The first-order valence-corrected chi connectivity index (χ1v) is 6.48. The van der Waals surface area contributed by atoms with Gasteiger partial charge in [-0.05, 0) is 25.0 Å². The Hall–Kier alpha value is -1.22. The third-order valence-corrected chi connectivity index (χ3v) is 4.30. The second-order valence-electron chi connectivity index (χ2n) is 4.21. The van der Waals surface area contributed by atoms with Gasteiger partial charge in [0.05, 0.1) is 22.6 Å². The standard InChI is InChI=1S/C12H11F3N2S/c13-12(14,15)9-4-5-11(17-7-9)18-10-3-1-2-8(10)6-16/h4-5,7-8,10H,1-3H2. The van der Waals surface area contributed by atoms with E-state index in [9.17, 15) is 13.2 Å². The van der Waals surface area contributed by atoms with Crippen molar-refractivity contribution in [1.29, 1.82) is 5.26 Å². The van der Waals surface area contributed by atoms with Crippen LogP contribution < -0.4 is 0 Å². The zero-order valence-electron chi connectivity index (χ0n) is 9.44. The summed E-state index contributed by atoms with van der Waals surface area (Å²) in [5, 5.41) is 9.64. The molecule has 2 unspecified atom stereocenters. The molecule has 18 heavy (non-hydrogen) atoms. The third kappa shape index (κ3) is 2.96. The SMILES string of the molecule is N#CC1CCCC1Sc1ccc(C(F)(F)F)cn1. The van der Waals surface area contributed by atoms with Gasteiger partial charge in [-0.25, -0.2) is 4.98 Å². The Morgan fingerprint density at radius 1 is 1.33 bits per heavy atom. The second-order valence-corrected chi connectivity index (χ2v) is 5.47. The Balaban J connectivity index is 2.05. The molecule has 0 aliphatic heterocycles. The molecule has 0 radical (unpaired) electrons. The molecule has 1 aromatic heterocycles. The molecule has 2 atom stereocenters. The Kier molecular flexibility index (Phi) is 3.81.